The molecule has 0 bridgehead atoms. The molecule has 1 unspecified atom stereocenters. The summed E-state index contributed by atoms with van der Waals surface area (Å²) in [7, 11) is 0. The number of aliphatic hydroxyl groups excluding tert-OH is 1. The molecule has 2 aromatic rings. The van der Waals surface area contributed by atoms with Crippen molar-refractivity contribution in [3.63, 3.8) is 0 Å². The van der Waals surface area contributed by atoms with Crippen LogP contribution in [0, 0.1) is 17.5 Å². The number of nitrogens with one attached hydrogen (secondary N) is 1. The van der Waals surface area contributed by atoms with E-state index in [2.05, 4.69) is 9.98 Å². The number of aliphatic hydroxyl groups is 1. The SMILES string of the molecule is OCC(N=C(NO)c1cc(C2OCCO2)c(F)c(F)c1F)c1ccncc1. The Morgan fingerprint density at radius 1 is 1.19 bits per heavy atom. The molecule has 144 valence electrons. The Balaban J connectivity index is 2.06. The molecule has 1 saturated heterocycles. The number of halogens is 3. The Morgan fingerprint density at radius 3 is 2.44 bits per heavy atom. The molecular formula is C17H16F3N3O4. The Bertz CT molecular complexity index is 830. The summed E-state index contributed by atoms with van der Waals surface area (Å²) in [5.41, 5.74) is 1.28. The number of pyridine rings is 1. The first-order valence-electron chi connectivity index (χ1n) is 7.96. The smallest absolute Gasteiger partial charge is 0.195 e. The fraction of sp³-hybridized carbons (Fsp3) is 0.294. The van der Waals surface area contributed by atoms with Crippen LogP contribution in [0.1, 0.15) is 29.0 Å². The number of aliphatic imine (C=N–C) groups is 1. The molecule has 1 aliphatic rings. The summed E-state index contributed by atoms with van der Waals surface area (Å²) < 4.78 is 52.8. The Labute approximate surface area is 152 Å². The fourth-order valence-electron chi connectivity index (χ4n) is 2.63. The number of ether oxygens (including phenoxy) is 2. The summed E-state index contributed by atoms with van der Waals surface area (Å²) in [5.74, 6) is -5.26. The molecule has 1 aromatic heterocycles. The third-order valence-corrected chi connectivity index (χ3v) is 3.96. The van der Waals surface area contributed by atoms with Gasteiger partial charge in [-0.25, -0.2) is 13.2 Å². The lowest BCUT2D eigenvalue weighted by molar-refractivity contribution is -0.0469. The normalized spacial score (nSPS) is 16.6. The van der Waals surface area contributed by atoms with Crippen LogP contribution in [0.4, 0.5) is 13.2 Å². The quantitative estimate of drug-likeness (QED) is 0.316. The van der Waals surface area contributed by atoms with Crippen molar-refractivity contribution in [1.29, 1.82) is 0 Å². The second-order valence-corrected chi connectivity index (χ2v) is 5.60. The van der Waals surface area contributed by atoms with Gasteiger partial charge < -0.3 is 14.6 Å². The minimum Gasteiger partial charge on any atom is -0.394 e. The second-order valence-electron chi connectivity index (χ2n) is 5.60. The molecule has 0 aliphatic carbocycles. The van der Waals surface area contributed by atoms with Crippen LogP contribution in [0.2, 0.25) is 0 Å². The minimum atomic E-state index is -1.76. The molecule has 0 spiro atoms. The highest BCUT2D eigenvalue weighted by molar-refractivity contribution is 5.98. The van der Waals surface area contributed by atoms with Gasteiger partial charge in [-0.1, -0.05) is 0 Å². The maximum Gasteiger partial charge on any atom is 0.195 e. The highest BCUT2D eigenvalue weighted by Crippen LogP contribution is 2.30. The van der Waals surface area contributed by atoms with Gasteiger partial charge in [-0.15, -0.1) is 0 Å². The van der Waals surface area contributed by atoms with E-state index >= 15 is 0 Å². The number of hydroxylamine groups is 1. The van der Waals surface area contributed by atoms with Crippen LogP contribution in [-0.4, -0.2) is 41.0 Å². The number of hydrogen-bond acceptors (Lipinski definition) is 6. The van der Waals surface area contributed by atoms with E-state index < -0.39 is 47.8 Å². The van der Waals surface area contributed by atoms with Crippen LogP contribution >= 0.6 is 0 Å². The van der Waals surface area contributed by atoms with Crippen molar-refractivity contribution in [2.45, 2.75) is 12.3 Å². The summed E-state index contributed by atoms with van der Waals surface area (Å²) in [4.78, 5) is 7.86. The first-order chi connectivity index (χ1) is 13.1. The average molecular weight is 383 g/mol. The molecule has 27 heavy (non-hydrogen) atoms. The van der Waals surface area contributed by atoms with Crippen LogP contribution in [0.3, 0.4) is 0 Å². The Kier molecular flexibility index (Phi) is 6.01. The van der Waals surface area contributed by atoms with E-state index in [0.29, 0.717) is 5.56 Å². The number of benzene rings is 1. The van der Waals surface area contributed by atoms with E-state index in [0.717, 1.165) is 6.07 Å². The average Bonchev–Trinajstić information content (AvgIpc) is 3.23. The predicted molar refractivity (Wildman–Crippen MR) is 86.5 cm³/mol. The van der Waals surface area contributed by atoms with E-state index in [1.165, 1.54) is 12.4 Å². The topological polar surface area (TPSA) is 96.2 Å². The molecule has 3 rings (SSSR count). The van der Waals surface area contributed by atoms with Crippen molar-refractivity contribution < 1.29 is 33.0 Å². The van der Waals surface area contributed by atoms with E-state index in [1.54, 1.807) is 17.6 Å². The first kappa shape index (κ1) is 19.2. The molecule has 1 aromatic carbocycles. The zero-order valence-corrected chi connectivity index (χ0v) is 13.9. The molecule has 0 saturated carbocycles. The van der Waals surface area contributed by atoms with Crippen molar-refractivity contribution in [3.8, 4) is 0 Å². The van der Waals surface area contributed by atoms with Crippen molar-refractivity contribution >= 4 is 5.84 Å². The maximum absolute atomic E-state index is 14.3. The summed E-state index contributed by atoms with van der Waals surface area (Å²) in [6.07, 6.45) is 1.72. The second kappa shape index (κ2) is 8.44. The predicted octanol–water partition coefficient (Wildman–Crippen LogP) is 2.00. The van der Waals surface area contributed by atoms with Crippen molar-refractivity contribution in [2.24, 2.45) is 4.99 Å². The lowest BCUT2D eigenvalue weighted by Gasteiger charge is -2.16. The molecule has 0 amide bonds. The largest absolute Gasteiger partial charge is 0.394 e. The molecule has 7 nitrogen and oxygen atoms in total. The molecule has 10 heteroatoms. The third kappa shape index (κ3) is 3.93. The molecule has 0 radical (unpaired) electrons. The van der Waals surface area contributed by atoms with Crippen LogP contribution in [0.5, 0.6) is 0 Å². The van der Waals surface area contributed by atoms with Gasteiger partial charge >= 0.3 is 0 Å². The molecule has 1 aliphatic heterocycles. The number of hydrogen-bond donors (Lipinski definition) is 3. The summed E-state index contributed by atoms with van der Waals surface area (Å²) in [5, 5.41) is 19.0. The zero-order chi connectivity index (χ0) is 19.4. The molecule has 3 N–H and O–H groups in total. The van der Waals surface area contributed by atoms with Crippen molar-refractivity contribution in [3.05, 3.63) is 64.7 Å². The van der Waals surface area contributed by atoms with Gasteiger partial charge in [-0.3, -0.25) is 20.7 Å². The summed E-state index contributed by atoms with van der Waals surface area (Å²) >= 11 is 0. The van der Waals surface area contributed by atoms with Gasteiger partial charge in [0.25, 0.3) is 0 Å². The number of rotatable bonds is 5. The lowest BCUT2D eigenvalue weighted by atomic mass is 10.1. The van der Waals surface area contributed by atoms with E-state index in [1.807, 2.05) is 0 Å². The number of nitrogens with zero attached hydrogens (tertiary/aromatic N) is 2. The molecule has 1 fully saturated rings. The van der Waals surface area contributed by atoms with Gasteiger partial charge in [-0.2, -0.15) is 0 Å². The monoisotopic (exact) mass is 383 g/mol. The standard InChI is InChI=1S/C17H16F3N3O4/c18-13-10(7-11(14(19)15(13)20)17-26-5-6-27-17)16(23-25)22-12(8-24)9-1-3-21-4-2-9/h1-4,7,12,17,24-25H,5-6,8H2,(H,22,23). The van der Waals surface area contributed by atoms with Gasteiger partial charge in [-0.05, 0) is 23.8 Å². The zero-order valence-electron chi connectivity index (χ0n) is 13.9. The van der Waals surface area contributed by atoms with E-state index in [4.69, 9.17) is 9.47 Å². The van der Waals surface area contributed by atoms with Gasteiger partial charge in [0.15, 0.2) is 29.6 Å². The Morgan fingerprint density at radius 2 is 1.85 bits per heavy atom. The third-order valence-electron chi connectivity index (χ3n) is 3.96. The van der Waals surface area contributed by atoms with Crippen LogP contribution in [-0.2, 0) is 9.47 Å². The lowest BCUT2D eigenvalue weighted by Crippen LogP contribution is -2.25. The Hall–Kier alpha value is -2.53. The van der Waals surface area contributed by atoms with Gasteiger partial charge in [0.2, 0.25) is 0 Å². The number of amidine groups is 1. The minimum absolute atomic E-state index is 0.173. The van der Waals surface area contributed by atoms with Crippen LogP contribution in [0.25, 0.3) is 0 Å². The van der Waals surface area contributed by atoms with Crippen molar-refractivity contribution in [2.75, 3.05) is 19.8 Å². The highest BCUT2D eigenvalue weighted by atomic mass is 19.2. The van der Waals surface area contributed by atoms with Crippen molar-refractivity contribution in [1.82, 2.24) is 10.5 Å². The summed E-state index contributed by atoms with van der Waals surface area (Å²) in [6, 6.07) is 3.16. The maximum atomic E-state index is 14.3. The highest BCUT2D eigenvalue weighted by Gasteiger charge is 2.29. The van der Waals surface area contributed by atoms with E-state index in [-0.39, 0.29) is 18.8 Å². The first-order valence-corrected chi connectivity index (χ1v) is 7.96. The van der Waals surface area contributed by atoms with Crippen LogP contribution in [0.15, 0.2) is 35.6 Å². The van der Waals surface area contributed by atoms with E-state index in [9.17, 15) is 23.5 Å². The molecule has 1 atom stereocenters. The van der Waals surface area contributed by atoms with Gasteiger partial charge in [0.1, 0.15) is 6.04 Å². The van der Waals surface area contributed by atoms with Gasteiger partial charge in [0, 0.05) is 18.0 Å². The fourth-order valence-corrected chi connectivity index (χ4v) is 2.63. The molecular weight excluding hydrogens is 367 g/mol. The number of aromatic nitrogens is 1. The molecule has 2 heterocycles. The summed E-state index contributed by atoms with van der Waals surface area (Å²) in [6.45, 7) is -0.138. The van der Waals surface area contributed by atoms with Crippen LogP contribution < -0.4 is 5.48 Å². The van der Waals surface area contributed by atoms with Gasteiger partial charge in [0.05, 0.1) is 25.4 Å².